The third kappa shape index (κ3) is 5.72. The average Bonchev–Trinajstić information content (AvgIpc) is 3.20. The van der Waals surface area contributed by atoms with E-state index in [0.717, 1.165) is 5.56 Å². The number of anilines is 1. The van der Waals surface area contributed by atoms with Crippen molar-refractivity contribution in [2.75, 3.05) is 11.9 Å². The van der Waals surface area contributed by atoms with Gasteiger partial charge < -0.3 is 19.5 Å². The first-order valence-corrected chi connectivity index (χ1v) is 11.3. The number of nitrogens with one attached hydrogen (secondary N) is 1. The maximum atomic E-state index is 12.8. The number of carbonyl (C=O) groups excluding carboxylic acids is 3. The van der Waals surface area contributed by atoms with Gasteiger partial charge in [-0.15, -0.1) is 0 Å². The SMILES string of the molecule is CC(=O)OCC1O[C@H](Nc2ncc(C(=O)c3ccc(C)cc3)s2)C(OC(C)=O)[C@@H](C)[C@@H]1C. The molecule has 5 atom stereocenters. The largest absolute Gasteiger partial charge is 0.463 e. The lowest BCUT2D eigenvalue weighted by molar-refractivity contribution is -0.197. The Bertz CT molecular complexity index is 971. The van der Waals surface area contributed by atoms with Crippen LogP contribution in [0.15, 0.2) is 30.5 Å². The molecule has 1 N–H and O–H groups in total. The van der Waals surface area contributed by atoms with Crippen LogP contribution in [-0.4, -0.2) is 47.7 Å². The van der Waals surface area contributed by atoms with Gasteiger partial charge in [0.15, 0.2) is 11.4 Å². The Morgan fingerprint density at radius 1 is 1.09 bits per heavy atom. The summed E-state index contributed by atoms with van der Waals surface area (Å²) in [5, 5.41) is 3.62. The molecule has 3 rings (SSSR count). The van der Waals surface area contributed by atoms with Crippen molar-refractivity contribution in [3.63, 3.8) is 0 Å². The molecule has 32 heavy (non-hydrogen) atoms. The maximum absolute atomic E-state index is 12.8. The maximum Gasteiger partial charge on any atom is 0.303 e. The summed E-state index contributed by atoms with van der Waals surface area (Å²) in [6.45, 7) is 8.68. The van der Waals surface area contributed by atoms with Gasteiger partial charge in [-0.1, -0.05) is 55.0 Å². The third-order valence-corrected chi connectivity index (χ3v) is 6.54. The summed E-state index contributed by atoms with van der Waals surface area (Å²) in [6, 6.07) is 7.35. The van der Waals surface area contributed by atoms with Crippen LogP contribution in [0.1, 0.15) is 48.5 Å². The van der Waals surface area contributed by atoms with E-state index < -0.39 is 18.3 Å². The minimum atomic E-state index is -0.709. The monoisotopic (exact) mass is 460 g/mol. The van der Waals surface area contributed by atoms with Crippen LogP contribution in [0, 0.1) is 18.8 Å². The molecular formula is C23H28N2O6S. The number of thiazole rings is 1. The Hall–Kier alpha value is -2.78. The van der Waals surface area contributed by atoms with Crippen LogP contribution in [0.25, 0.3) is 0 Å². The van der Waals surface area contributed by atoms with Crippen molar-refractivity contribution >= 4 is 34.2 Å². The molecule has 1 aliphatic heterocycles. The second-order valence-corrected chi connectivity index (χ2v) is 9.09. The molecule has 8 nitrogen and oxygen atoms in total. The van der Waals surface area contributed by atoms with Crippen molar-refractivity contribution in [3.8, 4) is 0 Å². The van der Waals surface area contributed by atoms with Crippen LogP contribution >= 0.6 is 11.3 Å². The molecule has 0 saturated carbocycles. The van der Waals surface area contributed by atoms with Crippen LogP contribution in [0.5, 0.6) is 0 Å². The molecule has 172 valence electrons. The summed E-state index contributed by atoms with van der Waals surface area (Å²) in [5.74, 6) is -1.02. The third-order valence-electron chi connectivity index (χ3n) is 5.62. The topological polar surface area (TPSA) is 104 Å². The fourth-order valence-corrected chi connectivity index (χ4v) is 4.39. The zero-order chi connectivity index (χ0) is 23.4. The number of carbonyl (C=O) groups is 3. The lowest BCUT2D eigenvalue weighted by atomic mass is 9.83. The first-order valence-electron chi connectivity index (χ1n) is 10.5. The van der Waals surface area contributed by atoms with Gasteiger partial charge in [-0.2, -0.15) is 0 Å². The van der Waals surface area contributed by atoms with Crippen LogP contribution in [-0.2, 0) is 23.8 Å². The number of rotatable bonds is 7. The van der Waals surface area contributed by atoms with Gasteiger partial charge in [0.05, 0.1) is 17.2 Å². The van der Waals surface area contributed by atoms with Crippen molar-refractivity contribution in [1.29, 1.82) is 0 Å². The zero-order valence-corrected chi connectivity index (χ0v) is 19.6. The fourth-order valence-electron chi connectivity index (χ4n) is 3.59. The first-order chi connectivity index (χ1) is 15.2. The smallest absolute Gasteiger partial charge is 0.303 e. The number of nitrogens with zero attached hydrogens (tertiary/aromatic N) is 1. The molecule has 2 aromatic rings. The number of aryl methyl sites for hydroxylation is 1. The normalized spacial score (nSPS) is 25.1. The van der Waals surface area contributed by atoms with E-state index in [4.69, 9.17) is 14.2 Å². The second kappa shape index (κ2) is 10.2. The minimum Gasteiger partial charge on any atom is -0.463 e. The van der Waals surface area contributed by atoms with E-state index in [1.54, 1.807) is 12.1 Å². The molecule has 1 aromatic carbocycles. The molecule has 1 aliphatic rings. The van der Waals surface area contributed by atoms with Crippen LogP contribution < -0.4 is 5.32 Å². The fraction of sp³-hybridized carbons (Fsp3) is 0.478. The van der Waals surface area contributed by atoms with Crippen LogP contribution in [0.4, 0.5) is 5.13 Å². The summed E-state index contributed by atoms with van der Waals surface area (Å²) in [5.41, 5.74) is 1.66. The van der Waals surface area contributed by atoms with Gasteiger partial charge in [-0.3, -0.25) is 14.4 Å². The summed E-state index contributed by atoms with van der Waals surface area (Å²) in [6.07, 6.45) is -0.150. The van der Waals surface area contributed by atoms with Crippen LogP contribution in [0.3, 0.4) is 0 Å². The summed E-state index contributed by atoms with van der Waals surface area (Å²) in [7, 11) is 0. The number of ketones is 1. The Kier molecular flexibility index (Phi) is 7.63. The van der Waals surface area contributed by atoms with Gasteiger partial charge in [0, 0.05) is 25.3 Å². The highest BCUT2D eigenvalue weighted by Crippen LogP contribution is 2.34. The van der Waals surface area contributed by atoms with Crippen molar-refractivity contribution in [3.05, 3.63) is 46.5 Å². The minimum absolute atomic E-state index is 0.0216. The molecular weight excluding hydrogens is 432 g/mol. The van der Waals surface area contributed by atoms with Gasteiger partial charge >= 0.3 is 11.9 Å². The Balaban J connectivity index is 1.77. The van der Waals surface area contributed by atoms with E-state index in [-0.39, 0.29) is 36.3 Å². The molecule has 0 radical (unpaired) electrons. The lowest BCUT2D eigenvalue weighted by Gasteiger charge is -2.43. The lowest BCUT2D eigenvalue weighted by Crippen LogP contribution is -2.55. The summed E-state index contributed by atoms with van der Waals surface area (Å²) >= 11 is 1.20. The average molecular weight is 461 g/mol. The highest BCUT2D eigenvalue weighted by atomic mass is 32.1. The molecule has 0 amide bonds. The van der Waals surface area contributed by atoms with E-state index in [1.807, 2.05) is 32.9 Å². The molecule has 1 saturated heterocycles. The standard InChI is InChI=1S/C23H28N2O6S/c1-12-6-8-17(9-7-12)20(28)19-10-24-23(32-19)25-22-21(30-16(5)27)14(3)13(2)18(31-22)11-29-15(4)26/h6-10,13-14,18,21-22H,11H2,1-5H3,(H,24,25)/t13-,14-,18?,21?,22-/m0/s1. The van der Waals surface area contributed by atoms with Crippen molar-refractivity contribution in [1.82, 2.24) is 4.98 Å². The quantitative estimate of drug-likeness (QED) is 0.494. The number of hydrogen-bond acceptors (Lipinski definition) is 9. The molecule has 2 unspecified atom stereocenters. The Morgan fingerprint density at radius 3 is 2.41 bits per heavy atom. The van der Waals surface area contributed by atoms with Gasteiger partial charge in [0.25, 0.3) is 0 Å². The molecule has 9 heteroatoms. The Morgan fingerprint density at radius 2 is 1.78 bits per heavy atom. The Labute approximate surface area is 191 Å². The first kappa shape index (κ1) is 23.9. The molecule has 0 spiro atoms. The number of ether oxygens (including phenoxy) is 3. The number of hydrogen-bond donors (Lipinski definition) is 1. The van der Waals surface area contributed by atoms with E-state index >= 15 is 0 Å². The van der Waals surface area contributed by atoms with E-state index in [0.29, 0.717) is 15.6 Å². The molecule has 0 bridgehead atoms. The van der Waals surface area contributed by atoms with Gasteiger partial charge in [0.1, 0.15) is 12.7 Å². The second-order valence-electron chi connectivity index (χ2n) is 8.06. The number of benzene rings is 1. The van der Waals surface area contributed by atoms with Crippen molar-refractivity contribution < 1.29 is 28.6 Å². The van der Waals surface area contributed by atoms with Crippen molar-refractivity contribution in [2.45, 2.75) is 53.1 Å². The van der Waals surface area contributed by atoms with Gasteiger partial charge in [-0.25, -0.2) is 4.98 Å². The van der Waals surface area contributed by atoms with Crippen molar-refractivity contribution in [2.24, 2.45) is 11.8 Å². The van der Waals surface area contributed by atoms with E-state index in [2.05, 4.69) is 10.3 Å². The summed E-state index contributed by atoms with van der Waals surface area (Å²) < 4.78 is 16.8. The molecule has 0 aliphatic carbocycles. The van der Waals surface area contributed by atoms with Gasteiger partial charge in [0.2, 0.25) is 5.78 Å². The molecule has 2 heterocycles. The highest BCUT2D eigenvalue weighted by Gasteiger charge is 2.44. The predicted molar refractivity (Wildman–Crippen MR) is 120 cm³/mol. The molecule has 1 fully saturated rings. The predicted octanol–water partition coefficient (Wildman–Crippen LogP) is 3.59. The zero-order valence-electron chi connectivity index (χ0n) is 18.8. The van der Waals surface area contributed by atoms with Crippen LogP contribution in [0.2, 0.25) is 0 Å². The molecule has 1 aromatic heterocycles. The van der Waals surface area contributed by atoms with E-state index in [1.165, 1.54) is 31.4 Å². The van der Waals surface area contributed by atoms with E-state index in [9.17, 15) is 14.4 Å². The highest BCUT2D eigenvalue weighted by molar-refractivity contribution is 7.17. The number of aromatic nitrogens is 1. The number of esters is 2. The van der Waals surface area contributed by atoms with Gasteiger partial charge in [-0.05, 0) is 12.8 Å². The summed E-state index contributed by atoms with van der Waals surface area (Å²) in [4.78, 5) is 40.5.